The third kappa shape index (κ3) is 13.1. The van der Waals surface area contributed by atoms with Gasteiger partial charge in [0, 0.05) is 37.6 Å². The molecule has 30 heteroatoms. The minimum Gasteiger partial charge on any atom is -0.394 e. The van der Waals surface area contributed by atoms with Gasteiger partial charge in [-0.3, -0.25) is 4.79 Å². The minimum absolute atomic E-state index is 0.0332. The molecule has 2 saturated carbocycles. The average Bonchev–Trinajstić information content (AvgIpc) is 3.76. The zero-order chi connectivity index (χ0) is 51.3. The summed E-state index contributed by atoms with van der Waals surface area (Å²) < 4.78 is 45.3. The van der Waals surface area contributed by atoms with Crippen molar-refractivity contribution in [2.24, 2.45) is 51.8 Å². The van der Waals surface area contributed by atoms with Crippen molar-refractivity contribution in [2.45, 2.75) is 197 Å². The normalized spacial score (nSPS) is 49.8. The molecule has 0 spiro atoms. The van der Waals surface area contributed by atoms with Gasteiger partial charge in [-0.15, -0.1) is 0 Å². The molecule has 2 aliphatic carbocycles. The molecule has 30 nitrogen and oxygen atoms in total. The highest BCUT2D eigenvalue weighted by Crippen LogP contribution is 2.37. The second-order valence-corrected chi connectivity index (χ2v) is 18.5. The van der Waals surface area contributed by atoms with Gasteiger partial charge in [-0.2, -0.15) is 0 Å². The van der Waals surface area contributed by atoms with Crippen molar-refractivity contribution in [2.75, 3.05) is 32.8 Å². The first-order chi connectivity index (χ1) is 32.5. The largest absolute Gasteiger partial charge is 0.394 e. The molecule has 29 atom stereocenters. The van der Waals surface area contributed by atoms with Crippen molar-refractivity contribution in [3.05, 3.63) is 0 Å². The van der Waals surface area contributed by atoms with E-state index in [-0.39, 0.29) is 45.3 Å². The molecule has 0 radical (unpaired) electrons. The third-order valence-electron chi connectivity index (χ3n) is 13.6. The Balaban J connectivity index is 0.000000263. The molecular formula is C39H76N8O22. The number of hydrogen-bond donors (Lipinski definition) is 21. The molecule has 0 aromatic heterocycles. The number of aliphatic hydroxyl groups excluding tert-OH is 13. The average molecular weight is 1010 g/mol. The molecule has 0 amide bonds. The molecule has 0 bridgehead atoms. The predicted octanol–water partition coefficient (Wildman–Crippen LogP) is -13.3. The fourth-order valence-corrected chi connectivity index (χ4v) is 9.30. The zero-order valence-corrected chi connectivity index (χ0v) is 37.7. The number of ketones is 1. The smallest absolute Gasteiger partial charge is 0.187 e. The van der Waals surface area contributed by atoms with Gasteiger partial charge in [-0.25, -0.2) is 0 Å². The van der Waals surface area contributed by atoms with E-state index in [9.17, 15) is 71.2 Å². The lowest BCUT2D eigenvalue weighted by molar-refractivity contribution is -0.312. The van der Waals surface area contributed by atoms with Crippen LogP contribution < -0.4 is 45.9 Å². The Morgan fingerprint density at radius 1 is 0.478 bits per heavy atom. The Labute approximate surface area is 396 Å². The summed E-state index contributed by atoms with van der Waals surface area (Å²) in [5.41, 5.74) is 46.9. The summed E-state index contributed by atoms with van der Waals surface area (Å²) in [6.45, 7) is -1.37. The molecule has 6 fully saturated rings. The Morgan fingerprint density at radius 3 is 1.25 bits per heavy atom. The number of rotatable bonds is 17. The minimum atomic E-state index is -1.54. The van der Waals surface area contributed by atoms with Gasteiger partial charge in [0.1, 0.15) is 104 Å². The lowest BCUT2D eigenvalue weighted by Crippen LogP contribution is -2.68. The van der Waals surface area contributed by atoms with E-state index >= 15 is 0 Å². The van der Waals surface area contributed by atoms with Crippen molar-refractivity contribution in [1.82, 2.24) is 0 Å². The number of nitrogens with two attached hydrogens (primary N) is 8. The van der Waals surface area contributed by atoms with Crippen molar-refractivity contribution < 1.29 is 109 Å². The van der Waals surface area contributed by atoms with Gasteiger partial charge in [0.25, 0.3) is 0 Å². The van der Waals surface area contributed by atoms with Crippen LogP contribution in [0, 0.1) is 5.92 Å². The van der Waals surface area contributed by atoms with Crippen LogP contribution in [0.2, 0.25) is 0 Å². The van der Waals surface area contributed by atoms with E-state index < -0.39 is 196 Å². The van der Waals surface area contributed by atoms with Gasteiger partial charge in [0.15, 0.2) is 30.9 Å². The summed E-state index contributed by atoms with van der Waals surface area (Å²) in [5, 5.41) is 132. The molecule has 4 saturated heterocycles. The second-order valence-electron chi connectivity index (χ2n) is 18.5. The highest BCUT2D eigenvalue weighted by Gasteiger charge is 2.55. The Morgan fingerprint density at radius 2 is 0.855 bits per heavy atom. The zero-order valence-electron chi connectivity index (χ0n) is 37.7. The Kier molecular flexibility index (Phi) is 21.7. The predicted molar refractivity (Wildman–Crippen MR) is 228 cm³/mol. The molecule has 29 N–H and O–H groups in total. The quantitative estimate of drug-likeness (QED) is 0.0643. The van der Waals surface area contributed by atoms with Gasteiger partial charge < -0.3 is 150 Å². The number of hydrogen-bond acceptors (Lipinski definition) is 30. The van der Waals surface area contributed by atoms with Crippen molar-refractivity contribution in [1.29, 1.82) is 0 Å². The number of Topliss-reactive ketones (excluding diaryl/α,β-unsaturated/α-hetero) is 1. The number of ether oxygens (including phenoxy) is 8. The van der Waals surface area contributed by atoms with Crippen molar-refractivity contribution in [3.8, 4) is 0 Å². The first-order valence-corrected chi connectivity index (χ1v) is 22.9. The molecule has 0 aromatic carbocycles. The fraction of sp³-hybridized carbons (Fsp3) is 0.974. The summed E-state index contributed by atoms with van der Waals surface area (Å²) in [4.78, 5) is 12.5. The van der Waals surface area contributed by atoms with E-state index in [1.54, 1.807) is 0 Å². The van der Waals surface area contributed by atoms with Crippen LogP contribution in [-0.2, 0) is 42.7 Å². The SMILES string of the molecule is NCC[C@H](O)C(=O)C[C@@H]1CC(N)[C@@H](O[C@H]2OC(CO)[C@@H](O)[C@H](O)C2N)[C@H](O[C@@H]2O[C@H](CN)[C@H](O)C2O)C1O.NC[C@H]1O[C@@H](O[C@@H]2C(O)[C@H](N)CC(N)[C@H]2O[C@H]2OC(CO)[C@@H](O)[C@H](O)C2N)C(O)[C@H]1O. The molecule has 4 heterocycles. The van der Waals surface area contributed by atoms with E-state index in [2.05, 4.69) is 0 Å². The standard InChI is InChI=1S/C22H42N4O12.C17H34N4O10/c23-2-1-9(28)10(29)4-7-3-8(25)19(37-21-13(26)17(33)16(32)12(6-27)36-21)20(14(7)30)38-22-18(34)15(31)11(5-24)35-22;18-2-6-10(24)13(27)17(28-6)31-15-9(23)4(19)1-5(20)14(15)30-16-8(21)12(26)11(25)7(3-22)29-16/h7-9,11-22,27-28,30-34H,1-6,23-26H2;4-17,22-27H,1-3,18-21H2/t7-,8?,9-,11+,12?,13?,14?,15-,16+,17+,18?,19+,20+,21+,22-;4-,5?,6-,7?,8?,9?,10+,11-,12-,13?,14-,15-,16-,17+/m01/s1. The van der Waals surface area contributed by atoms with E-state index in [0.717, 1.165) is 0 Å². The molecule has 404 valence electrons. The maximum absolute atomic E-state index is 12.5. The Bertz CT molecular complexity index is 1580. The number of aliphatic hydroxyl groups is 13. The Hall–Kier alpha value is -1.49. The van der Waals surface area contributed by atoms with E-state index in [1.807, 2.05) is 0 Å². The number of carbonyl (C=O) groups excluding carboxylic acids is 1. The maximum Gasteiger partial charge on any atom is 0.187 e. The summed E-state index contributed by atoms with van der Waals surface area (Å²) in [6.07, 6.45) is -30.3. The maximum atomic E-state index is 12.5. The van der Waals surface area contributed by atoms with Crippen LogP contribution in [0.3, 0.4) is 0 Å². The molecule has 4 aliphatic heterocycles. The summed E-state index contributed by atoms with van der Waals surface area (Å²) >= 11 is 0. The summed E-state index contributed by atoms with van der Waals surface area (Å²) in [7, 11) is 0. The van der Waals surface area contributed by atoms with E-state index in [0.29, 0.717) is 0 Å². The molecule has 6 rings (SSSR count). The van der Waals surface area contributed by atoms with Gasteiger partial charge in [-0.1, -0.05) is 0 Å². The van der Waals surface area contributed by atoms with Gasteiger partial charge in [-0.05, 0) is 31.7 Å². The van der Waals surface area contributed by atoms with Crippen molar-refractivity contribution >= 4 is 5.78 Å². The van der Waals surface area contributed by atoms with Crippen LogP contribution in [0.15, 0.2) is 0 Å². The van der Waals surface area contributed by atoms with Crippen molar-refractivity contribution in [3.63, 3.8) is 0 Å². The van der Waals surface area contributed by atoms with Crippen LogP contribution in [-0.4, -0.2) is 276 Å². The lowest BCUT2D eigenvalue weighted by Gasteiger charge is -2.47. The fourth-order valence-electron chi connectivity index (χ4n) is 9.30. The first-order valence-electron chi connectivity index (χ1n) is 22.9. The summed E-state index contributed by atoms with van der Waals surface area (Å²) in [6, 6.07) is -4.96. The molecule has 69 heavy (non-hydrogen) atoms. The highest BCUT2D eigenvalue weighted by atomic mass is 16.8. The topological polar surface area (TPSA) is 562 Å². The van der Waals surface area contributed by atoms with Crippen LogP contribution in [0.5, 0.6) is 0 Å². The summed E-state index contributed by atoms with van der Waals surface area (Å²) in [5.74, 6) is -1.36. The third-order valence-corrected chi connectivity index (χ3v) is 13.6. The van der Waals surface area contributed by atoms with E-state index in [4.69, 9.17) is 83.8 Å². The van der Waals surface area contributed by atoms with Gasteiger partial charge >= 0.3 is 0 Å². The lowest BCUT2D eigenvalue weighted by atomic mass is 9.76. The monoisotopic (exact) mass is 1010 g/mol. The van der Waals surface area contributed by atoms with Gasteiger partial charge in [0.2, 0.25) is 0 Å². The second kappa shape index (κ2) is 25.6. The van der Waals surface area contributed by atoms with Gasteiger partial charge in [0.05, 0.1) is 37.5 Å². The molecular weight excluding hydrogens is 932 g/mol. The van der Waals surface area contributed by atoms with Crippen LogP contribution in [0.25, 0.3) is 0 Å². The highest BCUT2D eigenvalue weighted by molar-refractivity contribution is 5.83. The molecule has 10 unspecified atom stereocenters. The van der Waals surface area contributed by atoms with E-state index in [1.165, 1.54) is 0 Å². The van der Waals surface area contributed by atoms with Crippen LogP contribution >= 0.6 is 0 Å². The molecule has 6 aliphatic rings. The van der Waals surface area contributed by atoms with Crippen LogP contribution in [0.1, 0.15) is 25.7 Å². The molecule has 0 aromatic rings. The first kappa shape index (κ1) is 58.4. The van der Waals surface area contributed by atoms with Crippen LogP contribution in [0.4, 0.5) is 0 Å². The number of carbonyl (C=O) groups is 1.